The van der Waals surface area contributed by atoms with E-state index < -0.39 is 17.2 Å². The Morgan fingerprint density at radius 2 is 2.20 bits per heavy atom. The molecule has 3 rings (SSSR count). The van der Waals surface area contributed by atoms with Gasteiger partial charge < -0.3 is 5.32 Å². The van der Waals surface area contributed by atoms with Crippen molar-refractivity contribution < 1.29 is 8.78 Å². The van der Waals surface area contributed by atoms with Gasteiger partial charge >= 0.3 is 0 Å². The SMILES string of the molecule is Bc1cc(F)c(F)c([C@]2(C)Cn3nncc3C(=S)N2)c1. The first kappa shape index (κ1) is 13.2. The van der Waals surface area contributed by atoms with Crippen molar-refractivity contribution in [3.8, 4) is 0 Å². The molecule has 0 unspecified atom stereocenters. The second-order valence-electron chi connectivity index (χ2n) is 5.17. The number of hydrogen-bond donors (Lipinski definition) is 1. The second-order valence-corrected chi connectivity index (χ2v) is 5.58. The summed E-state index contributed by atoms with van der Waals surface area (Å²) >= 11 is 5.24. The van der Waals surface area contributed by atoms with Crippen LogP contribution in [0.2, 0.25) is 0 Å². The molecule has 0 saturated heterocycles. The molecule has 0 spiro atoms. The number of thiocarbonyl (C=S) groups is 1. The van der Waals surface area contributed by atoms with E-state index in [2.05, 4.69) is 15.6 Å². The summed E-state index contributed by atoms with van der Waals surface area (Å²) in [7, 11) is 1.72. The summed E-state index contributed by atoms with van der Waals surface area (Å²) in [6.45, 7) is 2.09. The topological polar surface area (TPSA) is 42.7 Å². The third kappa shape index (κ3) is 1.91. The van der Waals surface area contributed by atoms with E-state index in [0.717, 1.165) is 0 Å². The average molecular weight is 292 g/mol. The number of rotatable bonds is 1. The lowest BCUT2D eigenvalue weighted by atomic mass is 9.84. The lowest BCUT2D eigenvalue weighted by Gasteiger charge is -2.36. The highest BCUT2D eigenvalue weighted by atomic mass is 32.1. The Balaban J connectivity index is 2.13. The van der Waals surface area contributed by atoms with Crippen LogP contribution in [0, 0.1) is 11.6 Å². The Hall–Kier alpha value is -1.83. The van der Waals surface area contributed by atoms with Crippen molar-refractivity contribution in [3.63, 3.8) is 0 Å². The number of halogens is 2. The molecule has 8 heteroatoms. The Kier molecular flexibility index (Phi) is 2.86. The predicted octanol–water partition coefficient (Wildman–Crippen LogP) is 0.00880. The van der Waals surface area contributed by atoms with Crippen LogP contribution in [0.3, 0.4) is 0 Å². The van der Waals surface area contributed by atoms with Gasteiger partial charge in [0.25, 0.3) is 0 Å². The third-order valence-electron chi connectivity index (χ3n) is 3.47. The van der Waals surface area contributed by atoms with Gasteiger partial charge in [-0.1, -0.05) is 29.0 Å². The van der Waals surface area contributed by atoms with Crippen molar-refractivity contribution in [1.82, 2.24) is 20.3 Å². The molecule has 1 atom stereocenters. The van der Waals surface area contributed by atoms with Crippen LogP contribution < -0.4 is 10.8 Å². The maximum absolute atomic E-state index is 14.1. The van der Waals surface area contributed by atoms with Gasteiger partial charge in [-0.15, -0.1) is 5.10 Å². The maximum Gasteiger partial charge on any atom is 0.164 e. The molecule has 0 fully saturated rings. The van der Waals surface area contributed by atoms with Crippen molar-refractivity contribution in [2.75, 3.05) is 0 Å². The minimum Gasteiger partial charge on any atom is -0.363 e. The lowest BCUT2D eigenvalue weighted by molar-refractivity contribution is 0.313. The summed E-state index contributed by atoms with van der Waals surface area (Å²) in [5.74, 6) is -1.73. The monoisotopic (exact) mass is 292 g/mol. The molecule has 0 radical (unpaired) electrons. The van der Waals surface area contributed by atoms with Gasteiger partial charge in [-0.3, -0.25) is 0 Å². The lowest BCUT2D eigenvalue weighted by Crippen LogP contribution is -2.52. The molecule has 20 heavy (non-hydrogen) atoms. The van der Waals surface area contributed by atoms with Crippen molar-refractivity contribution in [1.29, 1.82) is 0 Å². The van der Waals surface area contributed by atoms with Crippen LogP contribution in [0.15, 0.2) is 18.3 Å². The molecule has 4 nitrogen and oxygen atoms in total. The van der Waals surface area contributed by atoms with Crippen LogP contribution in [0.5, 0.6) is 0 Å². The number of nitrogens with one attached hydrogen (secondary N) is 1. The maximum atomic E-state index is 14.1. The van der Waals surface area contributed by atoms with Gasteiger partial charge in [0.1, 0.15) is 18.5 Å². The van der Waals surface area contributed by atoms with Crippen LogP contribution in [-0.4, -0.2) is 27.8 Å². The smallest absolute Gasteiger partial charge is 0.164 e. The van der Waals surface area contributed by atoms with Gasteiger partial charge in [0.2, 0.25) is 0 Å². The first-order chi connectivity index (χ1) is 9.40. The normalized spacial score (nSPS) is 21.4. The van der Waals surface area contributed by atoms with Crippen molar-refractivity contribution in [2.24, 2.45) is 0 Å². The minimum absolute atomic E-state index is 0.235. The van der Waals surface area contributed by atoms with Gasteiger partial charge in [0, 0.05) is 5.56 Å². The van der Waals surface area contributed by atoms with Crippen LogP contribution in [0.25, 0.3) is 0 Å². The van der Waals surface area contributed by atoms with Gasteiger partial charge in [-0.2, -0.15) is 0 Å². The first-order valence-electron chi connectivity index (χ1n) is 6.08. The number of hydrogen-bond acceptors (Lipinski definition) is 3. The van der Waals surface area contributed by atoms with Crippen LogP contribution >= 0.6 is 12.2 Å². The van der Waals surface area contributed by atoms with Gasteiger partial charge in [0.15, 0.2) is 11.6 Å². The summed E-state index contributed by atoms with van der Waals surface area (Å²) < 4.78 is 29.4. The van der Waals surface area contributed by atoms with E-state index in [1.165, 1.54) is 6.07 Å². The van der Waals surface area contributed by atoms with Crippen molar-refractivity contribution >= 4 is 30.5 Å². The van der Waals surface area contributed by atoms with Crippen molar-refractivity contribution in [3.05, 3.63) is 41.2 Å². The van der Waals surface area contributed by atoms with E-state index in [4.69, 9.17) is 12.2 Å². The van der Waals surface area contributed by atoms with E-state index in [9.17, 15) is 8.78 Å². The molecule has 1 N–H and O–H groups in total. The molecule has 2 aromatic rings. The molecular formula is C12H11BF2N4S. The van der Waals surface area contributed by atoms with E-state index >= 15 is 0 Å². The molecular weight excluding hydrogens is 281 g/mol. The highest BCUT2D eigenvalue weighted by Gasteiger charge is 2.37. The fourth-order valence-corrected chi connectivity index (χ4v) is 2.87. The molecule has 102 valence electrons. The Labute approximate surface area is 120 Å². The summed E-state index contributed by atoms with van der Waals surface area (Å²) in [5, 5.41) is 10.8. The zero-order chi connectivity index (χ0) is 14.5. The van der Waals surface area contributed by atoms with Crippen molar-refractivity contribution in [2.45, 2.75) is 19.0 Å². The van der Waals surface area contributed by atoms with E-state index in [1.54, 1.807) is 31.7 Å². The Morgan fingerprint density at radius 1 is 1.45 bits per heavy atom. The molecule has 1 aromatic heterocycles. The minimum atomic E-state index is -0.866. The van der Waals surface area contributed by atoms with E-state index in [1.807, 2.05) is 0 Å². The molecule has 1 aliphatic rings. The first-order valence-corrected chi connectivity index (χ1v) is 6.49. The summed E-state index contributed by atoms with van der Waals surface area (Å²) in [6, 6.07) is 2.79. The molecule has 0 aliphatic carbocycles. The molecule has 0 amide bonds. The van der Waals surface area contributed by atoms with Gasteiger partial charge in [-0.05, 0) is 13.0 Å². The third-order valence-corrected chi connectivity index (χ3v) is 3.78. The number of nitrogens with zero attached hydrogens (tertiary/aromatic N) is 3. The van der Waals surface area contributed by atoms with Crippen LogP contribution in [0.1, 0.15) is 18.2 Å². The quantitative estimate of drug-likeness (QED) is 0.594. The zero-order valence-corrected chi connectivity index (χ0v) is 11.8. The van der Waals surface area contributed by atoms with Crippen LogP contribution in [-0.2, 0) is 12.1 Å². The fourth-order valence-electron chi connectivity index (χ4n) is 2.48. The largest absolute Gasteiger partial charge is 0.363 e. The van der Waals surface area contributed by atoms with E-state index in [0.29, 0.717) is 22.7 Å². The zero-order valence-electron chi connectivity index (χ0n) is 10.9. The summed E-state index contributed by atoms with van der Waals surface area (Å²) in [6.07, 6.45) is 1.54. The summed E-state index contributed by atoms with van der Waals surface area (Å²) in [4.78, 5) is 0.421. The fraction of sp³-hybridized carbons (Fsp3) is 0.250. The second kappa shape index (κ2) is 4.34. The predicted molar refractivity (Wildman–Crippen MR) is 76.7 cm³/mol. The molecule has 1 aromatic carbocycles. The molecule has 2 heterocycles. The van der Waals surface area contributed by atoms with Crippen LogP contribution in [0.4, 0.5) is 8.78 Å². The summed E-state index contributed by atoms with van der Waals surface area (Å²) in [5.41, 5.74) is 0.691. The number of benzene rings is 1. The Bertz CT molecular complexity index is 717. The highest BCUT2D eigenvalue weighted by Crippen LogP contribution is 2.29. The molecule has 0 saturated carbocycles. The highest BCUT2D eigenvalue weighted by molar-refractivity contribution is 7.80. The number of fused-ring (bicyclic) bond motifs is 1. The standard InChI is InChI=1S/C12H11BF2N4S/c1-12(7-2-6(13)3-8(14)10(7)15)5-19-9(4-16-18-19)11(20)17-12/h2-4H,5,13H2,1H3,(H,17,20)/t12-/m0/s1. The molecule has 0 bridgehead atoms. The van der Waals surface area contributed by atoms with E-state index in [-0.39, 0.29) is 5.56 Å². The van der Waals surface area contributed by atoms with Gasteiger partial charge in [-0.25, -0.2) is 13.5 Å². The molecule has 1 aliphatic heterocycles. The van der Waals surface area contributed by atoms with Gasteiger partial charge in [0.05, 0.1) is 18.3 Å². The number of aromatic nitrogens is 3. The average Bonchev–Trinajstić information content (AvgIpc) is 2.81. The Morgan fingerprint density at radius 3 is 2.95 bits per heavy atom.